The summed E-state index contributed by atoms with van der Waals surface area (Å²) < 4.78 is 5.21. The Hall–Kier alpha value is -1.91. The SMILES string of the molecule is COCCN(Cc1cccc2ccccc12)C(=O)[C@@H]1CCC[C@H](O)C1. The monoisotopic (exact) mass is 341 g/mol. The average Bonchev–Trinajstić information content (AvgIpc) is 2.64. The quantitative estimate of drug-likeness (QED) is 0.876. The van der Waals surface area contributed by atoms with E-state index in [2.05, 4.69) is 24.3 Å². The van der Waals surface area contributed by atoms with Gasteiger partial charge in [-0.25, -0.2) is 0 Å². The highest BCUT2D eigenvalue weighted by Crippen LogP contribution is 2.27. The normalized spacial score (nSPS) is 20.6. The topological polar surface area (TPSA) is 49.8 Å². The Kier molecular flexibility index (Phi) is 6.05. The largest absolute Gasteiger partial charge is 0.393 e. The van der Waals surface area contributed by atoms with E-state index in [1.54, 1.807) is 7.11 Å². The molecular formula is C21H27NO3. The number of hydrogen-bond donors (Lipinski definition) is 1. The number of ether oxygens (including phenoxy) is 1. The molecule has 0 saturated heterocycles. The number of aliphatic hydroxyl groups excluding tert-OH is 1. The highest BCUT2D eigenvalue weighted by Gasteiger charge is 2.29. The first-order valence-corrected chi connectivity index (χ1v) is 9.11. The van der Waals surface area contributed by atoms with E-state index >= 15 is 0 Å². The van der Waals surface area contributed by atoms with Crippen LogP contribution in [0.15, 0.2) is 42.5 Å². The van der Waals surface area contributed by atoms with Crippen LogP contribution in [-0.2, 0) is 16.1 Å². The summed E-state index contributed by atoms with van der Waals surface area (Å²) in [7, 11) is 1.66. The summed E-state index contributed by atoms with van der Waals surface area (Å²) in [5.74, 6) is 0.0688. The van der Waals surface area contributed by atoms with Gasteiger partial charge in [-0.2, -0.15) is 0 Å². The second-order valence-electron chi connectivity index (χ2n) is 6.91. The number of nitrogens with zero attached hydrogens (tertiary/aromatic N) is 1. The third-order valence-electron chi connectivity index (χ3n) is 5.11. The molecule has 3 rings (SSSR count). The van der Waals surface area contributed by atoms with Crippen LogP contribution in [0.1, 0.15) is 31.2 Å². The lowest BCUT2D eigenvalue weighted by atomic mass is 9.86. The lowest BCUT2D eigenvalue weighted by Crippen LogP contribution is -2.40. The molecule has 1 aliphatic carbocycles. The van der Waals surface area contributed by atoms with Crippen LogP contribution in [0.25, 0.3) is 10.8 Å². The van der Waals surface area contributed by atoms with Gasteiger partial charge in [-0.15, -0.1) is 0 Å². The molecule has 25 heavy (non-hydrogen) atoms. The van der Waals surface area contributed by atoms with Gasteiger partial charge < -0.3 is 14.7 Å². The molecule has 0 radical (unpaired) electrons. The molecule has 1 aliphatic rings. The number of aliphatic hydroxyl groups is 1. The van der Waals surface area contributed by atoms with Gasteiger partial charge in [0.25, 0.3) is 0 Å². The first-order chi connectivity index (χ1) is 12.2. The molecule has 0 unspecified atom stereocenters. The van der Waals surface area contributed by atoms with Crippen LogP contribution in [0.4, 0.5) is 0 Å². The Labute approximate surface area is 149 Å². The average molecular weight is 341 g/mol. The van der Waals surface area contributed by atoms with Gasteiger partial charge >= 0.3 is 0 Å². The van der Waals surface area contributed by atoms with Crippen molar-refractivity contribution in [1.82, 2.24) is 4.90 Å². The second-order valence-corrected chi connectivity index (χ2v) is 6.91. The number of hydrogen-bond acceptors (Lipinski definition) is 3. The van der Waals surface area contributed by atoms with Crippen LogP contribution in [0.2, 0.25) is 0 Å². The summed E-state index contributed by atoms with van der Waals surface area (Å²) in [5.41, 5.74) is 1.15. The molecule has 0 bridgehead atoms. The molecule has 4 heteroatoms. The first-order valence-electron chi connectivity index (χ1n) is 9.11. The van der Waals surface area contributed by atoms with E-state index in [0.29, 0.717) is 26.1 Å². The minimum atomic E-state index is -0.343. The molecule has 1 fully saturated rings. The maximum absolute atomic E-state index is 13.0. The Morgan fingerprint density at radius 2 is 2.00 bits per heavy atom. The van der Waals surface area contributed by atoms with Gasteiger partial charge in [0.2, 0.25) is 5.91 Å². The van der Waals surface area contributed by atoms with E-state index in [-0.39, 0.29) is 17.9 Å². The van der Waals surface area contributed by atoms with Gasteiger partial charge in [-0.3, -0.25) is 4.79 Å². The van der Waals surface area contributed by atoms with E-state index < -0.39 is 0 Å². The molecule has 2 atom stereocenters. The molecule has 4 nitrogen and oxygen atoms in total. The van der Waals surface area contributed by atoms with Crippen molar-refractivity contribution in [2.45, 2.75) is 38.3 Å². The maximum Gasteiger partial charge on any atom is 0.226 e. The fraction of sp³-hybridized carbons (Fsp3) is 0.476. The van der Waals surface area contributed by atoms with Crippen LogP contribution < -0.4 is 0 Å². The second kappa shape index (κ2) is 8.45. The van der Waals surface area contributed by atoms with Gasteiger partial charge in [0, 0.05) is 26.1 Å². The molecule has 0 spiro atoms. The van der Waals surface area contributed by atoms with Crippen molar-refractivity contribution in [2.24, 2.45) is 5.92 Å². The Bertz CT molecular complexity index is 710. The predicted octanol–water partition coefficient (Wildman–Crippen LogP) is 3.37. The van der Waals surface area contributed by atoms with Crippen LogP contribution in [0, 0.1) is 5.92 Å². The summed E-state index contributed by atoms with van der Waals surface area (Å²) in [6, 6.07) is 14.5. The molecule has 134 valence electrons. The van der Waals surface area contributed by atoms with Crippen molar-refractivity contribution in [3.8, 4) is 0 Å². The van der Waals surface area contributed by atoms with Crippen molar-refractivity contribution in [3.05, 3.63) is 48.0 Å². The number of amides is 1. The summed E-state index contributed by atoms with van der Waals surface area (Å²) in [4.78, 5) is 14.9. The Morgan fingerprint density at radius 3 is 2.80 bits per heavy atom. The zero-order chi connectivity index (χ0) is 17.6. The van der Waals surface area contributed by atoms with Gasteiger partial charge in [-0.05, 0) is 35.6 Å². The van der Waals surface area contributed by atoms with Crippen LogP contribution >= 0.6 is 0 Å². The van der Waals surface area contributed by atoms with Gasteiger partial charge in [0.15, 0.2) is 0 Å². The number of fused-ring (bicyclic) bond motifs is 1. The van der Waals surface area contributed by atoms with Crippen molar-refractivity contribution < 1.29 is 14.6 Å². The minimum Gasteiger partial charge on any atom is -0.393 e. The fourth-order valence-corrected chi connectivity index (χ4v) is 3.75. The number of methoxy groups -OCH3 is 1. The molecule has 0 aromatic heterocycles. The smallest absolute Gasteiger partial charge is 0.226 e. The lowest BCUT2D eigenvalue weighted by molar-refractivity contribution is -0.139. The van der Waals surface area contributed by atoms with Gasteiger partial charge in [-0.1, -0.05) is 48.9 Å². The van der Waals surface area contributed by atoms with Crippen molar-refractivity contribution in [2.75, 3.05) is 20.3 Å². The van der Waals surface area contributed by atoms with Crippen LogP contribution in [0.5, 0.6) is 0 Å². The zero-order valence-electron chi connectivity index (χ0n) is 14.9. The number of rotatable bonds is 6. The Balaban J connectivity index is 1.81. The van der Waals surface area contributed by atoms with Crippen molar-refractivity contribution in [1.29, 1.82) is 0 Å². The summed E-state index contributed by atoms with van der Waals surface area (Å²) in [6.07, 6.45) is 2.84. The van der Waals surface area contributed by atoms with Gasteiger partial charge in [0.1, 0.15) is 0 Å². The first kappa shape index (κ1) is 17.9. The fourth-order valence-electron chi connectivity index (χ4n) is 3.75. The van der Waals surface area contributed by atoms with Crippen LogP contribution in [-0.4, -0.2) is 42.3 Å². The highest BCUT2D eigenvalue weighted by molar-refractivity contribution is 5.86. The molecule has 1 N–H and O–H groups in total. The standard InChI is InChI=1S/C21H27NO3/c1-25-13-12-22(21(24)17-8-5-10-19(23)14-17)15-18-9-4-7-16-6-2-3-11-20(16)18/h2-4,6-7,9,11,17,19,23H,5,8,10,12-15H2,1H3/t17-,19+/m1/s1. The highest BCUT2D eigenvalue weighted by atomic mass is 16.5. The van der Waals surface area contributed by atoms with Crippen LogP contribution in [0.3, 0.4) is 0 Å². The molecule has 2 aromatic carbocycles. The Morgan fingerprint density at radius 1 is 1.20 bits per heavy atom. The third kappa shape index (κ3) is 4.39. The van der Waals surface area contributed by atoms with Gasteiger partial charge in [0.05, 0.1) is 12.7 Å². The van der Waals surface area contributed by atoms with E-state index in [1.807, 2.05) is 23.1 Å². The van der Waals surface area contributed by atoms with E-state index in [4.69, 9.17) is 4.74 Å². The molecule has 2 aromatic rings. The summed E-state index contributed by atoms with van der Waals surface area (Å²) in [5, 5.41) is 12.3. The third-order valence-corrected chi connectivity index (χ3v) is 5.11. The molecule has 0 heterocycles. The number of carbonyl (C=O) groups excluding carboxylic acids is 1. The lowest BCUT2D eigenvalue weighted by Gasteiger charge is -2.31. The molecule has 0 aliphatic heterocycles. The number of carbonyl (C=O) groups is 1. The molecule has 1 amide bonds. The maximum atomic E-state index is 13.0. The summed E-state index contributed by atoms with van der Waals surface area (Å²) in [6.45, 7) is 1.67. The van der Waals surface area contributed by atoms with E-state index in [0.717, 1.165) is 24.8 Å². The zero-order valence-corrected chi connectivity index (χ0v) is 14.9. The molecular weight excluding hydrogens is 314 g/mol. The minimum absolute atomic E-state index is 0.0735. The van der Waals surface area contributed by atoms with Crippen molar-refractivity contribution >= 4 is 16.7 Å². The van der Waals surface area contributed by atoms with E-state index in [1.165, 1.54) is 10.8 Å². The van der Waals surface area contributed by atoms with E-state index in [9.17, 15) is 9.90 Å². The number of benzene rings is 2. The summed E-state index contributed by atoms with van der Waals surface area (Å²) >= 11 is 0. The molecule has 1 saturated carbocycles. The predicted molar refractivity (Wildman–Crippen MR) is 99.2 cm³/mol. The van der Waals surface area contributed by atoms with Crippen molar-refractivity contribution in [3.63, 3.8) is 0 Å².